The van der Waals surface area contributed by atoms with Crippen molar-refractivity contribution in [2.24, 2.45) is 5.73 Å². The maximum Gasteiger partial charge on any atom is 0.0540 e. The van der Waals surface area contributed by atoms with Crippen molar-refractivity contribution in [3.63, 3.8) is 0 Å². The number of para-hydroxylation sites is 1. The molecular weight excluding hydrogens is 198 g/mol. The topological polar surface area (TPSA) is 32.5 Å². The standard InChI is InChI=1S/C13H21N3/c1-11-9-16(12-6-4-3-5-7-12)13(8-14)10-15(11)2/h3-7,11,13H,8-10,14H2,1-2H3. The van der Waals surface area contributed by atoms with Crippen LogP contribution in [-0.4, -0.2) is 43.7 Å². The second-order valence-electron chi connectivity index (χ2n) is 4.67. The van der Waals surface area contributed by atoms with Crippen LogP contribution in [-0.2, 0) is 0 Å². The van der Waals surface area contributed by atoms with Gasteiger partial charge in [0, 0.05) is 31.4 Å². The van der Waals surface area contributed by atoms with E-state index in [0.29, 0.717) is 18.6 Å². The minimum atomic E-state index is 0.434. The molecule has 1 aromatic rings. The maximum atomic E-state index is 5.87. The average molecular weight is 219 g/mol. The van der Waals surface area contributed by atoms with E-state index >= 15 is 0 Å². The van der Waals surface area contributed by atoms with Crippen molar-refractivity contribution in [3.8, 4) is 0 Å². The van der Waals surface area contributed by atoms with E-state index in [2.05, 4.69) is 54.1 Å². The van der Waals surface area contributed by atoms with Gasteiger partial charge in [-0.15, -0.1) is 0 Å². The van der Waals surface area contributed by atoms with Crippen molar-refractivity contribution in [1.29, 1.82) is 0 Å². The first kappa shape index (κ1) is 11.4. The summed E-state index contributed by atoms with van der Waals surface area (Å²) in [5.41, 5.74) is 7.16. The van der Waals surface area contributed by atoms with Gasteiger partial charge in [0.15, 0.2) is 0 Å². The van der Waals surface area contributed by atoms with E-state index in [4.69, 9.17) is 5.73 Å². The largest absolute Gasteiger partial charge is 0.364 e. The van der Waals surface area contributed by atoms with Gasteiger partial charge in [0.2, 0.25) is 0 Å². The van der Waals surface area contributed by atoms with Crippen molar-refractivity contribution in [3.05, 3.63) is 30.3 Å². The zero-order valence-corrected chi connectivity index (χ0v) is 10.1. The molecule has 0 bridgehead atoms. The van der Waals surface area contributed by atoms with Crippen LogP contribution < -0.4 is 10.6 Å². The van der Waals surface area contributed by atoms with Crippen LogP contribution >= 0.6 is 0 Å². The zero-order valence-electron chi connectivity index (χ0n) is 10.1. The highest BCUT2D eigenvalue weighted by atomic mass is 15.3. The molecule has 0 spiro atoms. The number of nitrogens with zero attached hydrogens (tertiary/aromatic N) is 2. The molecule has 2 rings (SSSR count). The molecule has 0 aliphatic carbocycles. The third-order valence-corrected chi connectivity index (χ3v) is 3.51. The third kappa shape index (κ3) is 2.20. The molecule has 2 atom stereocenters. The molecule has 0 radical (unpaired) electrons. The van der Waals surface area contributed by atoms with Gasteiger partial charge in [-0.25, -0.2) is 0 Å². The van der Waals surface area contributed by atoms with Crippen LogP contribution in [0.5, 0.6) is 0 Å². The average Bonchev–Trinajstić information content (AvgIpc) is 2.33. The Hall–Kier alpha value is -1.06. The van der Waals surface area contributed by atoms with Crippen molar-refractivity contribution in [2.75, 3.05) is 31.6 Å². The maximum absolute atomic E-state index is 5.87. The summed E-state index contributed by atoms with van der Waals surface area (Å²) in [4.78, 5) is 4.82. The summed E-state index contributed by atoms with van der Waals surface area (Å²) in [5.74, 6) is 0. The van der Waals surface area contributed by atoms with Crippen LogP contribution in [0.1, 0.15) is 6.92 Å². The lowest BCUT2D eigenvalue weighted by molar-refractivity contribution is 0.202. The molecule has 0 amide bonds. The fraction of sp³-hybridized carbons (Fsp3) is 0.538. The first-order chi connectivity index (χ1) is 7.72. The summed E-state index contributed by atoms with van der Waals surface area (Å²) in [6.07, 6.45) is 0. The molecule has 3 heteroatoms. The normalized spacial score (nSPS) is 27.1. The second kappa shape index (κ2) is 4.85. The van der Waals surface area contributed by atoms with Crippen molar-refractivity contribution in [2.45, 2.75) is 19.0 Å². The van der Waals surface area contributed by atoms with Gasteiger partial charge in [-0.3, -0.25) is 4.90 Å². The quantitative estimate of drug-likeness (QED) is 0.810. The predicted molar refractivity (Wildman–Crippen MR) is 68.7 cm³/mol. The van der Waals surface area contributed by atoms with Crippen molar-refractivity contribution < 1.29 is 0 Å². The molecule has 1 aromatic carbocycles. The summed E-state index contributed by atoms with van der Waals surface area (Å²) in [7, 11) is 2.18. The summed E-state index contributed by atoms with van der Waals surface area (Å²) < 4.78 is 0. The number of rotatable bonds is 2. The molecule has 2 N–H and O–H groups in total. The van der Waals surface area contributed by atoms with E-state index in [1.165, 1.54) is 5.69 Å². The Morgan fingerprint density at radius 1 is 1.25 bits per heavy atom. The number of hydrogen-bond donors (Lipinski definition) is 1. The molecule has 0 saturated carbocycles. The molecule has 1 heterocycles. The SMILES string of the molecule is CC1CN(c2ccccc2)C(CN)CN1C. The van der Waals surface area contributed by atoms with E-state index in [-0.39, 0.29) is 0 Å². The summed E-state index contributed by atoms with van der Waals surface area (Å²) in [6.45, 7) is 5.09. The van der Waals surface area contributed by atoms with Gasteiger partial charge in [-0.2, -0.15) is 0 Å². The fourth-order valence-corrected chi connectivity index (χ4v) is 2.32. The Balaban J connectivity index is 2.19. The minimum absolute atomic E-state index is 0.434. The summed E-state index contributed by atoms with van der Waals surface area (Å²) in [5, 5.41) is 0. The molecule has 88 valence electrons. The van der Waals surface area contributed by atoms with Crippen LogP contribution in [0.4, 0.5) is 5.69 Å². The second-order valence-corrected chi connectivity index (χ2v) is 4.67. The lowest BCUT2D eigenvalue weighted by Crippen LogP contribution is -2.58. The fourth-order valence-electron chi connectivity index (χ4n) is 2.32. The monoisotopic (exact) mass is 219 g/mol. The number of anilines is 1. The number of likely N-dealkylation sites (N-methyl/N-ethyl adjacent to an activating group) is 1. The Kier molecular flexibility index (Phi) is 3.46. The smallest absolute Gasteiger partial charge is 0.0540 e. The minimum Gasteiger partial charge on any atom is -0.364 e. The van der Waals surface area contributed by atoms with E-state index < -0.39 is 0 Å². The molecule has 1 saturated heterocycles. The molecule has 0 aromatic heterocycles. The molecular formula is C13H21N3. The first-order valence-corrected chi connectivity index (χ1v) is 5.94. The van der Waals surface area contributed by atoms with Gasteiger partial charge < -0.3 is 10.6 Å². The third-order valence-electron chi connectivity index (χ3n) is 3.51. The number of benzene rings is 1. The highest BCUT2D eigenvalue weighted by molar-refractivity contribution is 5.48. The van der Waals surface area contributed by atoms with Crippen LogP contribution in [0.15, 0.2) is 30.3 Å². The van der Waals surface area contributed by atoms with Crippen LogP contribution in [0, 0.1) is 0 Å². The molecule has 3 nitrogen and oxygen atoms in total. The molecule has 1 aliphatic rings. The summed E-state index contributed by atoms with van der Waals surface area (Å²) in [6, 6.07) is 11.6. The van der Waals surface area contributed by atoms with E-state index in [9.17, 15) is 0 Å². The zero-order chi connectivity index (χ0) is 11.5. The van der Waals surface area contributed by atoms with Crippen LogP contribution in [0.25, 0.3) is 0 Å². The highest BCUT2D eigenvalue weighted by Crippen LogP contribution is 2.21. The van der Waals surface area contributed by atoms with Gasteiger partial charge >= 0.3 is 0 Å². The molecule has 2 unspecified atom stereocenters. The lowest BCUT2D eigenvalue weighted by Gasteiger charge is -2.44. The van der Waals surface area contributed by atoms with Crippen molar-refractivity contribution in [1.82, 2.24) is 4.90 Å². The van der Waals surface area contributed by atoms with Gasteiger partial charge in [-0.1, -0.05) is 18.2 Å². The number of nitrogens with two attached hydrogens (primary N) is 1. The van der Waals surface area contributed by atoms with Crippen LogP contribution in [0.2, 0.25) is 0 Å². The van der Waals surface area contributed by atoms with Gasteiger partial charge in [0.1, 0.15) is 0 Å². The Morgan fingerprint density at radius 3 is 2.56 bits per heavy atom. The molecule has 1 fully saturated rings. The predicted octanol–water partition coefficient (Wildman–Crippen LogP) is 1.15. The molecule has 1 aliphatic heterocycles. The Labute approximate surface area is 97.8 Å². The van der Waals surface area contributed by atoms with Gasteiger partial charge in [0.05, 0.1) is 6.04 Å². The highest BCUT2D eigenvalue weighted by Gasteiger charge is 2.28. The molecule has 16 heavy (non-hydrogen) atoms. The lowest BCUT2D eigenvalue weighted by atomic mass is 10.1. The van der Waals surface area contributed by atoms with Crippen LogP contribution in [0.3, 0.4) is 0 Å². The Morgan fingerprint density at radius 2 is 1.94 bits per heavy atom. The van der Waals surface area contributed by atoms with E-state index in [1.807, 2.05) is 0 Å². The number of hydrogen-bond acceptors (Lipinski definition) is 3. The van der Waals surface area contributed by atoms with Gasteiger partial charge in [-0.05, 0) is 26.1 Å². The van der Waals surface area contributed by atoms with E-state index in [0.717, 1.165) is 13.1 Å². The van der Waals surface area contributed by atoms with Crippen molar-refractivity contribution >= 4 is 5.69 Å². The summed E-state index contributed by atoms with van der Waals surface area (Å²) >= 11 is 0. The number of piperazine rings is 1. The van der Waals surface area contributed by atoms with E-state index in [1.54, 1.807) is 0 Å². The van der Waals surface area contributed by atoms with Gasteiger partial charge in [0.25, 0.3) is 0 Å². The first-order valence-electron chi connectivity index (χ1n) is 5.94. The Bertz CT molecular complexity index is 325.